The molecule has 186 valence electrons. The largest absolute Gasteiger partial charge is 0.481 e. The zero-order valence-electron chi connectivity index (χ0n) is 20.2. The van der Waals surface area contributed by atoms with Crippen molar-refractivity contribution in [1.82, 2.24) is 4.57 Å². The second kappa shape index (κ2) is 8.50. The smallest absolute Gasteiger partial charge is 0.306 e. The summed E-state index contributed by atoms with van der Waals surface area (Å²) in [6.07, 6.45) is 6.09. The summed E-state index contributed by atoms with van der Waals surface area (Å²) >= 11 is 0. The predicted octanol–water partition coefficient (Wildman–Crippen LogP) is 4.41. The van der Waals surface area contributed by atoms with Gasteiger partial charge in [0.15, 0.2) is 5.78 Å². The average molecular weight is 482 g/mol. The van der Waals surface area contributed by atoms with Gasteiger partial charge < -0.3 is 20.7 Å². The van der Waals surface area contributed by atoms with Crippen LogP contribution in [0.2, 0.25) is 0 Å². The molecule has 0 atom stereocenters. The number of hydrogen-bond acceptors (Lipinski definition) is 4. The molecule has 35 heavy (non-hydrogen) atoms. The van der Waals surface area contributed by atoms with Crippen LogP contribution < -0.4 is 11.1 Å². The topological polar surface area (TPSA) is 114 Å². The van der Waals surface area contributed by atoms with Crippen molar-refractivity contribution in [3.8, 4) is 5.69 Å². The van der Waals surface area contributed by atoms with E-state index in [1.807, 2.05) is 4.57 Å². The Hall–Kier alpha value is -3.16. The lowest BCUT2D eigenvalue weighted by Gasteiger charge is -2.31. The van der Waals surface area contributed by atoms with Crippen molar-refractivity contribution in [1.29, 1.82) is 0 Å². The number of ketones is 1. The van der Waals surface area contributed by atoms with Crippen LogP contribution in [0.25, 0.3) is 5.69 Å². The minimum Gasteiger partial charge on any atom is -0.481 e. The molecule has 0 unspecified atom stereocenters. The molecular formula is C27H32FN3O4. The first-order valence-corrected chi connectivity index (χ1v) is 12.5. The van der Waals surface area contributed by atoms with Gasteiger partial charge in [0.2, 0.25) is 0 Å². The standard InChI is InChI=1S/C27H32FN3O4/c1-27(2)12-21-23(22(32)13-27)17-4-3-5-20(17)31(21)16-10-18(28)24(25(29)33)19(11-16)30-15-8-6-14(7-9-15)26(34)35/h10-11,14-15,30H,3-9,12-13H2,1-2H3,(H2,29,33)(H,34,35). The van der Waals surface area contributed by atoms with Crippen molar-refractivity contribution in [2.45, 2.75) is 77.7 Å². The molecule has 0 bridgehead atoms. The fourth-order valence-electron chi connectivity index (χ4n) is 6.33. The molecule has 1 fully saturated rings. The van der Waals surface area contributed by atoms with E-state index in [2.05, 4.69) is 19.2 Å². The molecular weight excluding hydrogens is 449 g/mol. The minimum atomic E-state index is -0.855. The maximum absolute atomic E-state index is 15.4. The van der Waals surface area contributed by atoms with Crippen LogP contribution in [0.15, 0.2) is 12.1 Å². The van der Waals surface area contributed by atoms with Crippen LogP contribution in [0.4, 0.5) is 10.1 Å². The fraction of sp³-hybridized carbons (Fsp3) is 0.519. The number of anilines is 1. The van der Waals surface area contributed by atoms with Crippen molar-refractivity contribution in [3.63, 3.8) is 0 Å². The molecule has 1 heterocycles. The summed E-state index contributed by atoms with van der Waals surface area (Å²) in [5.74, 6) is -2.57. The Kier molecular flexibility index (Phi) is 5.73. The first kappa shape index (κ1) is 23.6. The molecule has 3 aliphatic rings. The van der Waals surface area contributed by atoms with Crippen molar-refractivity contribution < 1.29 is 23.9 Å². The highest BCUT2D eigenvalue weighted by atomic mass is 19.1. The highest BCUT2D eigenvalue weighted by Gasteiger charge is 2.39. The van der Waals surface area contributed by atoms with E-state index in [-0.39, 0.29) is 28.7 Å². The molecule has 1 aromatic heterocycles. The van der Waals surface area contributed by atoms with E-state index in [1.165, 1.54) is 6.07 Å². The molecule has 1 aromatic carbocycles. The van der Waals surface area contributed by atoms with Gasteiger partial charge in [-0.05, 0) is 74.5 Å². The third kappa shape index (κ3) is 4.13. The van der Waals surface area contributed by atoms with E-state index in [0.717, 1.165) is 41.8 Å². The number of carbonyl (C=O) groups is 3. The van der Waals surface area contributed by atoms with Gasteiger partial charge in [0, 0.05) is 29.4 Å². The first-order chi connectivity index (χ1) is 16.6. The summed E-state index contributed by atoms with van der Waals surface area (Å²) in [6.45, 7) is 4.15. The van der Waals surface area contributed by atoms with Gasteiger partial charge in [0.1, 0.15) is 5.82 Å². The number of halogens is 1. The zero-order valence-corrected chi connectivity index (χ0v) is 20.2. The second-order valence-corrected chi connectivity index (χ2v) is 11.1. The van der Waals surface area contributed by atoms with Gasteiger partial charge >= 0.3 is 5.97 Å². The number of Topliss-reactive ketones (excluding diaryl/α,β-unsaturated/α-hetero) is 1. The third-order valence-corrected chi connectivity index (χ3v) is 7.90. The molecule has 7 nitrogen and oxygen atoms in total. The van der Waals surface area contributed by atoms with E-state index in [9.17, 15) is 19.5 Å². The number of primary amides is 1. The Bertz CT molecular complexity index is 1240. The number of fused-ring (bicyclic) bond motifs is 3. The number of carboxylic acid groups (broad SMARTS) is 1. The monoisotopic (exact) mass is 481 g/mol. The summed E-state index contributed by atoms with van der Waals surface area (Å²) < 4.78 is 17.4. The number of nitrogens with two attached hydrogens (primary N) is 1. The van der Waals surface area contributed by atoms with Gasteiger partial charge in [0.05, 0.1) is 22.9 Å². The number of nitrogens with zero attached hydrogens (tertiary/aromatic N) is 1. The number of nitrogens with one attached hydrogen (secondary N) is 1. The van der Waals surface area contributed by atoms with Crippen LogP contribution >= 0.6 is 0 Å². The van der Waals surface area contributed by atoms with Gasteiger partial charge in [0.25, 0.3) is 5.91 Å². The molecule has 1 amide bonds. The van der Waals surface area contributed by atoms with Crippen LogP contribution in [0.3, 0.4) is 0 Å². The Morgan fingerprint density at radius 3 is 2.49 bits per heavy atom. The van der Waals surface area contributed by atoms with E-state index in [1.54, 1.807) is 6.07 Å². The molecule has 1 saturated carbocycles. The van der Waals surface area contributed by atoms with E-state index < -0.39 is 17.7 Å². The molecule has 8 heteroatoms. The number of rotatable bonds is 5. The van der Waals surface area contributed by atoms with Gasteiger partial charge in [-0.3, -0.25) is 14.4 Å². The lowest BCUT2D eigenvalue weighted by molar-refractivity contribution is -0.142. The van der Waals surface area contributed by atoms with E-state index in [4.69, 9.17) is 5.73 Å². The van der Waals surface area contributed by atoms with Crippen LogP contribution in [0, 0.1) is 17.2 Å². The Balaban J connectivity index is 1.58. The lowest BCUT2D eigenvalue weighted by Crippen LogP contribution is -2.30. The maximum Gasteiger partial charge on any atom is 0.306 e. The normalized spacial score (nSPS) is 23.0. The summed E-state index contributed by atoms with van der Waals surface area (Å²) in [4.78, 5) is 36.6. The maximum atomic E-state index is 15.4. The molecule has 0 saturated heterocycles. The predicted molar refractivity (Wildman–Crippen MR) is 130 cm³/mol. The van der Waals surface area contributed by atoms with Gasteiger partial charge in [-0.25, -0.2) is 4.39 Å². The molecule has 2 aromatic rings. The SMILES string of the molecule is CC1(C)CC(=O)c2c3c(n(-c4cc(F)c(C(N)=O)c(NC5CCC(C(=O)O)CC5)c4)c2C1)CCC3. The number of benzene rings is 1. The Labute approximate surface area is 203 Å². The highest BCUT2D eigenvalue weighted by molar-refractivity contribution is 6.01. The average Bonchev–Trinajstić information content (AvgIpc) is 3.32. The molecule has 5 rings (SSSR count). The Morgan fingerprint density at radius 2 is 1.83 bits per heavy atom. The summed E-state index contributed by atoms with van der Waals surface area (Å²) in [5, 5.41) is 12.6. The zero-order chi connectivity index (χ0) is 25.1. The van der Waals surface area contributed by atoms with Crippen LogP contribution in [-0.2, 0) is 24.1 Å². The van der Waals surface area contributed by atoms with Crippen LogP contribution in [-0.4, -0.2) is 33.4 Å². The van der Waals surface area contributed by atoms with Crippen LogP contribution in [0.5, 0.6) is 0 Å². The number of carbonyl (C=O) groups excluding carboxylic acids is 2. The number of aromatic nitrogens is 1. The van der Waals surface area contributed by atoms with Crippen molar-refractivity contribution in [3.05, 3.63) is 46.0 Å². The number of carboxylic acids is 1. The van der Waals surface area contributed by atoms with Crippen molar-refractivity contribution in [2.24, 2.45) is 17.1 Å². The minimum absolute atomic E-state index is 0.0804. The highest BCUT2D eigenvalue weighted by Crippen LogP contribution is 2.43. The summed E-state index contributed by atoms with van der Waals surface area (Å²) in [6, 6.07) is 3.03. The van der Waals surface area contributed by atoms with Gasteiger partial charge in [-0.2, -0.15) is 0 Å². The molecule has 3 aliphatic carbocycles. The van der Waals surface area contributed by atoms with Crippen LogP contribution in [0.1, 0.15) is 90.0 Å². The quantitative estimate of drug-likeness (QED) is 0.585. The first-order valence-electron chi connectivity index (χ1n) is 12.5. The van der Waals surface area contributed by atoms with Crippen molar-refractivity contribution in [2.75, 3.05) is 5.32 Å². The Morgan fingerprint density at radius 1 is 1.11 bits per heavy atom. The van der Waals surface area contributed by atoms with E-state index in [0.29, 0.717) is 49.9 Å². The number of hydrogen-bond donors (Lipinski definition) is 3. The fourth-order valence-corrected chi connectivity index (χ4v) is 6.33. The second-order valence-electron chi connectivity index (χ2n) is 11.1. The summed E-state index contributed by atoms with van der Waals surface area (Å²) in [5.41, 5.74) is 9.95. The molecule has 0 aliphatic heterocycles. The van der Waals surface area contributed by atoms with Gasteiger partial charge in [-0.1, -0.05) is 13.8 Å². The number of aliphatic carboxylic acids is 1. The molecule has 0 radical (unpaired) electrons. The lowest BCUT2D eigenvalue weighted by atomic mass is 9.75. The number of amides is 1. The summed E-state index contributed by atoms with van der Waals surface area (Å²) in [7, 11) is 0. The molecule has 0 spiro atoms. The molecule has 4 N–H and O–H groups in total. The van der Waals surface area contributed by atoms with Gasteiger partial charge in [-0.15, -0.1) is 0 Å². The third-order valence-electron chi connectivity index (χ3n) is 7.90. The van der Waals surface area contributed by atoms with E-state index >= 15 is 4.39 Å². The van der Waals surface area contributed by atoms with Crippen molar-refractivity contribution >= 4 is 23.3 Å².